The van der Waals surface area contributed by atoms with Crippen LogP contribution in [-0.4, -0.2) is 34.5 Å². The summed E-state index contributed by atoms with van der Waals surface area (Å²) in [5.41, 5.74) is 0.241. The third-order valence-electron chi connectivity index (χ3n) is 3.40. The highest BCUT2D eigenvalue weighted by molar-refractivity contribution is 7.98. The Bertz CT molecular complexity index is 410. The van der Waals surface area contributed by atoms with Crippen molar-refractivity contribution in [2.75, 3.05) is 6.26 Å². The number of nitrogens with zero attached hydrogens (tertiary/aromatic N) is 2. The molecule has 0 amide bonds. The van der Waals surface area contributed by atoms with Crippen LogP contribution in [0.1, 0.15) is 27.7 Å². The number of rotatable bonds is 2. The fraction of sp³-hybridized carbons (Fsp3) is 0.636. The third-order valence-corrected chi connectivity index (χ3v) is 4.13. The summed E-state index contributed by atoms with van der Waals surface area (Å²) in [7, 11) is -0.386. The van der Waals surface area contributed by atoms with Crippen LogP contribution in [0.4, 0.5) is 0 Å². The normalized spacial score (nSPS) is 21.8. The second-order valence-electron chi connectivity index (χ2n) is 5.08. The van der Waals surface area contributed by atoms with Gasteiger partial charge >= 0.3 is 7.12 Å². The fourth-order valence-electron chi connectivity index (χ4n) is 1.63. The van der Waals surface area contributed by atoms with Gasteiger partial charge in [-0.15, -0.1) is 11.8 Å². The fourth-order valence-corrected chi connectivity index (χ4v) is 2.17. The van der Waals surface area contributed by atoms with E-state index in [1.807, 2.05) is 34.0 Å². The van der Waals surface area contributed by atoms with E-state index in [4.69, 9.17) is 9.31 Å². The van der Waals surface area contributed by atoms with Gasteiger partial charge in [-0.1, -0.05) is 0 Å². The van der Waals surface area contributed by atoms with Crippen molar-refractivity contribution >= 4 is 24.3 Å². The van der Waals surface area contributed by atoms with E-state index in [2.05, 4.69) is 9.97 Å². The molecule has 0 spiro atoms. The molecule has 0 saturated carbocycles. The average Bonchev–Trinajstić information content (AvgIpc) is 2.48. The Kier molecular flexibility index (Phi) is 3.22. The first-order valence-corrected chi connectivity index (χ1v) is 6.79. The second-order valence-corrected chi connectivity index (χ2v) is 5.87. The number of thioether (sulfide) groups is 1. The largest absolute Gasteiger partial charge is 0.499 e. The summed E-state index contributed by atoms with van der Waals surface area (Å²) < 4.78 is 12.0. The van der Waals surface area contributed by atoms with Crippen LogP contribution in [0.5, 0.6) is 0 Å². The van der Waals surface area contributed by atoms with E-state index < -0.39 is 0 Å². The van der Waals surface area contributed by atoms with E-state index in [1.54, 1.807) is 24.3 Å². The van der Waals surface area contributed by atoms with E-state index in [1.165, 1.54) is 0 Å². The van der Waals surface area contributed by atoms with Crippen molar-refractivity contribution in [3.63, 3.8) is 0 Å². The average molecular weight is 252 g/mol. The van der Waals surface area contributed by atoms with E-state index in [-0.39, 0.29) is 18.3 Å². The van der Waals surface area contributed by atoms with Gasteiger partial charge in [-0.3, -0.25) is 0 Å². The molecular formula is C11H17BN2O2S. The van der Waals surface area contributed by atoms with E-state index in [9.17, 15) is 0 Å². The van der Waals surface area contributed by atoms with Gasteiger partial charge in [0, 0.05) is 11.7 Å². The zero-order valence-corrected chi connectivity index (χ0v) is 11.7. The molecule has 1 fully saturated rings. The van der Waals surface area contributed by atoms with Crippen molar-refractivity contribution in [2.24, 2.45) is 0 Å². The van der Waals surface area contributed by atoms with Crippen molar-refractivity contribution < 1.29 is 9.31 Å². The molecule has 0 N–H and O–H groups in total. The molecule has 1 aliphatic heterocycles. The summed E-state index contributed by atoms with van der Waals surface area (Å²) in [6.45, 7) is 8.15. The molecule has 0 aromatic carbocycles. The van der Waals surface area contributed by atoms with Crippen LogP contribution >= 0.6 is 11.8 Å². The zero-order chi connectivity index (χ0) is 12.7. The van der Waals surface area contributed by atoms with Gasteiger partial charge in [-0.05, 0) is 34.0 Å². The Morgan fingerprint density at radius 3 is 2.29 bits per heavy atom. The molecule has 0 unspecified atom stereocenters. The van der Waals surface area contributed by atoms with Crippen molar-refractivity contribution in [1.82, 2.24) is 9.97 Å². The van der Waals surface area contributed by atoms with Crippen molar-refractivity contribution in [1.29, 1.82) is 0 Å². The van der Waals surface area contributed by atoms with Gasteiger partial charge in [-0.2, -0.15) is 0 Å². The van der Waals surface area contributed by atoms with Gasteiger partial charge in [-0.25, -0.2) is 9.97 Å². The van der Waals surface area contributed by atoms with Crippen molar-refractivity contribution in [2.45, 2.75) is 43.9 Å². The lowest BCUT2D eigenvalue weighted by molar-refractivity contribution is 0.00578. The molecule has 1 saturated heterocycles. The van der Waals surface area contributed by atoms with Gasteiger partial charge < -0.3 is 9.31 Å². The number of aromatic nitrogens is 2. The maximum absolute atomic E-state index is 5.98. The van der Waals surface area contributed by atoms with Crippen LogP contribution in [0.2, 0.25) is 0 Å². The predicted octanol–water partition coefficient (Wildman–Crippen LogP) is 1.50. The van der Waals surface area contributed by atoms with Crippen molar-refractivity contribution in [3.05, 3.63) is 12.5 Å². The summed E-state index contributed by atoms with van der Waals surface area (Å²) in [6.07, 6.45) is 5.29. The first-order chi connectivity index (χ1) is 7.87. The SMILES string of the molecule is CSc1ncncc1B1OC(C)(C)C(C)(C)O1. The van der Waals surface area contributed by atoms with Crippen molar-refractivity contribution in [3.8, 4) is 0 Å². The Morgan fingerprint density at radius 2 is 1.76 bits per heavy atom. The molecule has 6 heteroatoms. The molecule has 0 radical (unpaired) electrons. The molecular weight excluding hydrogens is 235 g/mol. The molecule has 1 aliphatic rings. The summed E-state index contributed by atoms with van der Waals surface area (Å²) in [4.78, 5) is 8.28. The standard InChI is InChI=1S/C11H17BN2O2S/c1-10(2)11(3,4)16-12(15-10)8-6-13-7-14-9(8)17-5/h6-7H,1-5H3. The van der Waals surface area contributed by atoms with Crippen LogP contribution < -0.4 is 5.46 Å². The highest BCUT2D eigenvalue weighted by atomic mass is 32.2. The third kappa shape index (κ3) is 2.21. The van der Waals surface area contributed by atoms with Crippen LogP contribution in [0.15, 0.2) is 17.6 Å². The molecule has 0 aliphatic carbocycles. The predicted molar refractivity (Wildman–Crippen MR) is 69.5 cm³/mol. The van der Waals surface area contributed by atoms with Gasteiger partial charge in [0.05, 0.1) is 16.2 Å². The molecule has 92 valence electrons. The van der Waals surface area contributed by atoms with E-state index in [0.29, 0.717) is 0 Å². The zero-order valence-electron chi connectivity index (χ0n) is 10.9. The lowest BCUT2D eigenvalue weighted by Crippen LogP contribution is -2.41. The minimum absolute atomic E-state index is 0.330. The quantitative estimate of drug-likeness (QED) is 0.453. The van der Waals surface area contributed by atoms with Crippen LogP contribution in [0.3, 0.4) is 0 Å². The number of hydrogen-bond donors (Lipinski definition) is 0. The smallest absolute Gasteiger partial charge is 0.399 e. The molecule has 0 bridgehead atoms. The Labute approximate surface area is 107 Å². The molecule has 1 aromatic rings. The van der Waals surface area contributed by atoms with Crippen LogP contribution in [-0.2, 0) is 9.31 Å². The highest BCUT2D eigenvalue weighted by Crippen LogP contribution is 2.36. The van der Waals surface area contributed by atoms with Gasteiger partial charge in [0.25, 0.3) is 0 Å². The second kappa shape index (κ2) is 4.26. The molecule has 1 aromatic heterocycles. The van der Waals surface area contributed by atoms with Gasteiger partial charge in [0.15, 0.2) is 0 Å². The lowest BCUT2D eigenvalue weighted by atomic mass is 9.81. The Balaban J connectivity index is 2.32. The monoisotopic (exact) mass is 252 g/mol. The first-order valence-electron chi connectivity index (χ1n) is 5.57. The van der Waals surface area contributed by atoms with E-state index >= 15 is 0 Å². The number of hydrogen-bond acceptors (Lipinski definition) is 5. The summed E-state index contributed by atoms with van der Waals surface area (Å²) in [5.74, 6) is 0. The highest BCUT2D eigenvalue weighted by Gasteiger charge is 2.52. The minimum Gasteiger partial charge on any atom is -0.399 e. The summed E-state index contributed by atoms with van der Waals surface area (Å²) in [5, 5.41) is 0.901. The molecule has 4 nitrogen and oxygen atoms in total. The maximum atomic E-state index is 5.98. The minimum atomic E-state index is -0.386. The maximum Gasteiger partial charge on any atom is 0.499 e. The topological polar surface area (TPSA) is 44.2 Å². The van der Waals surface area contributed by atoms with Gasteiger partial charge in [0.1, 0.15) is 6.33 Å². The molecule has 17 heavy (non-hydrogen) atoms. The summed E-state index contributed by atoms with van der Waals surface area (Å²) >= 11 is 1.57. The lowest BCUT2D eigenvalue weighted by Gasteiger charge is -2.32. The molecule has 0 atom stereocenters. The Hall–Kier alpha value is -0.585. The van der Waals surface area contributed by atoms with Crippen LogP contribution in [0.25, 0.3) is 0 Å². The summed E-state index contributed by atoms with van der Waals surface area (Å²) in [6, 6.07) is 0. The molecule has 2 heterocycles. The molecule has 2 rings (SSSR count). The Morgan fingerprint density at radius 1 is 1.18 bits per heavy atom. The van der Waals surface area contributed by atoms with E-state index in [0.717, 1.165) is 10.5 Å². The van der Waals surface area contributed by atoms with Crippen LogP contribution in [0, 0.1) is 0 Å². The first kappa shape index (κ1) is 12.9. The van der Waals surface area contributed by atoms with Gasteiger partial charge in [0.2, 0.25) is 0 Å².